The third-order valence-corrected chi connectivity index (χ3v) is 6.10. The number of hydrogen-bond donors (Lipinski definition) is 3. The SMILES string of the molecule is CN=C(NCCCn1ccc2ccccc21)NCCS(=O)(=O)NCc1ccccc1. The van der Waals surface area contributed by atoms with E-state index in [-0.39, 0.29) is 12.3 Å². The van der Waals surface area contributed by atoms with E-state index < -0.39 is 10.0 Å². The zero-order valence-corrected chi connectivity index (χ0v) is 18.0. The van der Waals surface area contributed by atoms with Crippen LogP contribution in [-0.4, -0.2) is 44.8 Å². The summed E-state index contributed by atoms with van der Waals surface area (Å²) < 4.78 is 29.2. The van der Waals surface area contributed by atoms with Gasteiger partial charge in [-0.3, -0.25) is 4.99 Å². The number of aryl methyl sites for hydroxylation is 1. The Kier molecular flexibility index (Phi) is 7.87. The van der Waals surface area contributed by atoms with Gasteiger partial charge < -0.3 is 15.2 Å². The second kappa shape index (κ2) is 10.8. The highest BCUT2D eigenvalue weighted by atomic mass is 32.2. The topological polar surface area (TPSA) is 87.5 Å². The Morgan fingerprint density at radius 2 is 1.70 bits per heavy atom. The van der Waals surface area contributed by atoms with Crippen LogP contribution in [0.4, 0.5) is 0 Å². The molecule has 3 N–H and O–H groups in total. The van der Waals surface area contributed by atoms with Crippen LogP contribution < -0.4 is 15.4 Å². The number of aliphatic imine (C=N–C) groups is 1. The van der Waals surface area contributed by atoms with E-state index in [1.807, 2.05) is 42.5 Å². The van der Waals surface area contributed by atoms with E-state index in [4.69, 9.17) is 0 Å². The van der Waals surface area contributed by atoms with Crippen molar-refractivity contribution in [3.05, 3.63) is 72.4 Å². The molecule has 3 aromatic rings. The maximum Gasteiger partial charge on any atom is 0.213 e. The van der Waals surface area contributed by atoms with Gasteiger partial charge in [0.2, 0.25) is 10.0 Å². The molecule has 0 spiro atoms. The molecule has 0 aliphatic rings. The van der Waals surface area contributed by atoms with Crippen molar-refractivity contribution in [3.63, 3.8) is 0 Å². The summed E-state index contributed by atoms with van der Waals surface area (Å²) >= 11 is 0. The maximum atomic E-state index is 12.2. The first kappa shape index (κ1) is 21.9. The molecule has 0 radical (unpaired) electrons. The second-order valence-corrected chi connectivity index (χ2v) is 8.90. The van der Waals surface area contributed by atoms with Crippen molar-refractivity contribution in [1.82, 2.24) is 19.9 Å². The maximum absolute atomic E-state index is 12.2. The number of benzene rings is 2. The predicted molar refractivity (Wildman–Crippen MR) is 123 cm³/mol. The molecule has 0 unspecified atom stereocenters. The summed E-state index contributed by atoms with van der Waals surface area (Å²) in [6.07, 6.45) is 3.03. The number of rotatable bonds is 10. The molecule has 1 aromatic heterocycles. The van der Waals surface area contributed by atoms with Crippen LogP contribution in [0.5, 0.6) is 0 Å². The lowest BCUT2D eigenvalue weighted by atomic mass is 10.2. The van der Waals surface area contributed by atoms with E-state index in [0.717, 1.165) is 25.1 Å². The quantitative estimate of drug-likeness (QED) is 0.263. The van der Waals surface area contributed by atoms with Crippen LogP contribution in [0.2, 0.25) is 0 Å². The highest BCUT2D eigenvalue weighted by Crippen LogP contribution is 2.15. The van der Waals surface area contributed by atoms with Gasteiger partial charge in [-0.25, -0.2) is 13.1 Å². The summed E-state index contributed by atoms with van der Waals surface area (Å²) in [6.45, 7) is 2.22. The van der Waals surface area contributed by atoms with Gasteiger partial charge in [0.1, 0.15) is 0 Å². The van der Waals surface area contributed by atoms with Crippen LogP contribution in [0.15, 0.2) is 71.9 Å². The Morgan fingerprint density at radius 1 is 0.967 bits per heavy atom. The highest BCUT2D eigenvalue weighted by Gasteiger charge is 2.10. The number of aromatic nitrogens is 1. The number of sulfonamides is 1. The summed E-state index contributed by atoms with van der Waals surface area (Å²) in [5.74, 6) is 0.584. The summed E-state index contributed by atoms with van der Waals surface area (Å²) in [6, 6.07) is 19.9. The van der Waals surface area contributed by atoms with Gasteiger partial charge in [-0.2, -0.15) is 0 Å². The standard InChI is InChI=1S/C22H29N5O2S/c1-23-22(24-13-7-15-27-16-12-20-10-5-6-11-21(20)27)25-14-17-30(28,29)26-18-19-8-3-2-4-9-19/h2-6,8-12,16,26H,7,13-15,17-18H2,1H3,(H2,23,24,25). The van der Waals surface area contributed by atoms with Gasteiger partial charge in [-0.05, 0) is 29.5 Å². The molecule has 0 aliphatic carbocycles. The largest absolute Gasteiger partial charge is 0.356 e. The lowest BCUT2D eigenvalue weighted by Gasteiger charge is -2.13. The van der Waals surface area contributed by atoms with Gasteiger partial charge >= 0.3 is 0 Å². The van der Waals surface area contributed by atoms with Gasteiger partial charge in [0, 0.05) is 44.9 Å². The molecule has 2 aromatic carbocycles. The van der Waals surface area contributed by atoms with Crippen molar-refractivity contribution in [2.24, 2.45) is 4.99 Å². The van der Waals surface area contributed by atoms with Crippen molar-refractivity contribution in [2.75, 3.05) is 25.9 Å². The van der Waals surface area contributed by atoms with Gasteiger partial charge in [-0.1, -0.05) is 48.5 Å². The Hall–Kier alpha value is -2.84. The second-order valence-electron chi connectivity index (χ2n) is 6.97. The average Bonchev–Trinajstić information content (AvgIpc) is 3.18. The molecular formula is C22H29N5O2S. The molecule has 0 aliphatic heterocycles. The first-order chi connectivity index (χ1) is 14.6. The number of nitrogens with one attached hydrogen (secondary N) is 3. The number of para-hydroxylation sites is 1. The zero-order valence-electron chi connectivity index (χ0n) is 17.2. The minimum atomic E-state index is -3.36. The van der Waals surface area contributed by atoms with Gasteiger partial charge in [-0.15, -0.1) is 0 Å². The summed E-state index contributed by atoms with van der Waals surface area (Å²) in [5, 5.41) is 7.54. The number of guanidine groups is 1. The molecule has 0 bridgehead atoms. The van der Waals surface area contributed by atoms with E-state index in [9.17, 15) is 8.42 Å². The van der Waals surface area contributed by atoms with E-state index in [1.54, 1.807) is 7.05 Å². The van der Waals surface area contributed by atoms with Gasteiger partial charge in [0.15, 0.2) is 5.96 Å². The minimum Gasteiger partial charge on any atom is -0.356 e. The van der Waals surface area contributed by atoms with Crippen molar-refractivity contribution in [1.29, 1.82) is 0 Å². The molecule has 0 amide bonds. The van der Waals surface area contributed by atoms with Crippen molar-refractivity contribution in [3.8, 4) is 0 Å². The minimum absolute atomic E-state index is 0.0180. The van der Waals surface area contributed by atoms with Gasteiger partial charge in [0.05, 0.1) is 5.75 Å². The Bertz CT molecular complexity index is 1060. The Balaban J connectivity index is 1.35. The molecule has 3 rings (SSSR count). The average molecular weight is 428 g/mol. The first-order valence-corrected chi connectivity index (χ1v) is 11.7. The fourth-order valence-corrected chi connectivity index (χ4v) is 4.08. The third-order valence-electron chi connectivity index (χ3n) is 4.77. The molecule has 7 nitrogen and oxygen atoms in total. The van der Waals surface area contributed by atoms with Crippen LogP contribution in [0.1, 0.15) is 12.0 Å². The lowest BCUT2D eigenvalue weighted by Crippen LogP contribution is -2.41. The number of fused-ring (bicyclic) bond motifs is 1. The molecule has 8 heteroatoms. The summed E-state index contributed by atoms with van der Waals surface area (Å²) in [5.41, 5.74) is 2.16. The monoisotopic (exact) mass is 427 g/mol. The summed E-state index contributed by atoms with van der Waals surface area (Å²) in [7, 11) is -1.68. The smallest absolute Gasteiger partial charge is 0.213 e. The van der Waals surface area contributed by atoms with Crippen molar-refractivity contribution >= 4 is 26.9 Å². The van der Waals surface area contributed by atoms with E-state index in [1.165, 1.54) is 10.9 Å². The zero-order chi connectivity index (χ0) is 21.2. The highest BCUT2D eigenvalue weighted by molar-refractivity contribution is 7.89. The number of hydrogen-bond acceptors (Lipinski definition) is 3. The molecule has 30 heavy (non-hydrogen) atoms. The third kappa shape index (κ3) is 6.60. The van der Waals surface area contributed by atoms with E-state index in [0.29, 0.717) is 12.5 Å². The van der Waals surface area contributed by atoms with Crippen LogP contribution in [0, 0.1) is 0 Å². The Labute approximate surface area is 178 Å². The fourth-order valence-electron chi connectivity index (χ4n) is 3.18. The van der Waals surface area contributed by atoms with Crippen LogP contribution in [0.25, 0.3) is 10.9 Å². The predicted octanol–water partition coefficient (Wildman–Crippen LogP) is 2.32. The molecule has 0 atom stereocenters. The van der Waals surface area contributed by atoms with Crippen molar-refractivity contribution in [2.45, 2.75) is 19.5 Å². The van der Waals surface area contributed by atoms with Crippen LogP contribution in [0.3, 0.4) is 0 Å². The molecule has 0 saturated heterocycles. The number of nitrogens with zero attached hydrogens (tertiary/aromatic N) is 2. The fraction of sp³-hybridized carbons (Fsp3) is 0.318. The lowest BCUT2D eigenvalue weighted by molar-refractivity contribution is 0.579. The van der Waals surface area contributed by atoms with Crippen LogP contribution >= 0.6 is 0 Å². The molecular weight excluding hydrogens is 398 g/mol. The molecule has 160 valence electrons. The normalized spacial score (nSPS) is 12.2. The summed E-state index contributed by atoms with van der Waals surface area (Å²) in [4.78, 5) is 4.16. The molecule has 1 heterocycles. The molecule has 0 saturated carbocycles. The first-order valence-electron chi connectivity index (χ1n) is 10.1. The molecule has 0 fully saturated rings. The van der Waals surface area contributed by atoms with E-state index in [2.05, 4.69) is 49.3 Å². The van der Waals surface area contributed by atoms with E-state index >= 15 is 0 Å². The Morgan fingerprint density at radius 3 is 2.50 bits per heavy atom. The van der Waals surface area contributed by atoms with Crippen molar-refractivity contribution < 1.29 is 8.42 Å². The van der Waals surface area contributed by atoms with Gasteiger partial charge in [0.25, 0.3) is 0 Å². The van der Waals surface area contributed by atoms with Crippen LogP contribution in [-0.2, 0) is 23.1 Å².